The molecule has 120 valence electrons. The Bertz CT molecular complexity index is 488. The van der Waals surface area contributed by atoms with Crippen LogP contribution in [0.2, 0.25) is 0 Å². The standard InChI is InChI=1S/C17H27N5/c1-2-4-13(5-3-1)10-20-17-19-9-7-16(21-17)22-11-14-6-8-18-15(14)12-22/h7,9,13-15,18H,1-6,8,10-12H2,(H,19,20,21)/t14?,15-/m0/s1. The van der Waals surface area contributed by atoms with Crippen molar-refractivity contribution in [3.05, 3.63) is 12.3 Å². The molecule has 2 N–H and O–H groups in total. The minimum absolute atomic E-state index is 0.661. The molecule has 3 heterocycles. The van der Waals surface area contributed by atoms with E-state index in [4.69, 9.17) is 4.98 Å². The molecule has 2 saturated heterocycles. The number of hydrogen-bond acceptors (Lipinski definition) is 5. The molecule has 3 fully saturated rings. The van der Waals surface area contributed by atoms with Crippen LogP contribution in [0.4, 0.5) is 11.8 Å². The van der Waals surface area contributed by atoms with Crippen molar-refractivity contribution < 1.29 is 0 Å². The summed E-state index contributed by atoms with van der Waals surface area (Å²) in [5, 5.41) is 7.06. The second kappa shape index (κ2) is 6.41. The van der Waals surface area contributed by atoms with Crippen LogP contribution in [0.3, 0.4) is 0 Å². The van der Waals surface area contributed by atoms with Crippen LogP contribution in [0.1, 0.15) is 38.5 Å². The van der Waals surface area contributed by atoms with E-state index >= 15 is 0 Å². The smallest absolute Gasteiger partial charge is 0.224 e. The summed E-state index contributed by atoms with van der Waals surface area (Å²) in [5.74, 6) is 3.48. The maximum atomic E-state index is 4.74. The second-order valence-electron chi connectivity index (χ2n) is 7.14. The Hall–Kier alpha value is -1.36. The number of anilines is 2. The number of aromatic nitrogens is 2. The van der Waals surface area contributed by atoms with Crippen molar-refractivity contribution in [2.75, 3.05) is 36.4 Å². The van der Waals surface area contributed by atoms with Gasteiger partial charge in [0.15, 0.2) is 0 Å². The highest BCUT2D eigenvalue weighted by atomic mass is 15.3. The molecular weight excluding hydrogens is 274 g/mol. The summed E-state index contributed by atoms with van der Waals surface area (Å²) in [6, 6.07) is 2.71. The summed E-state index contributed by atoms with van der Waals surface area (Å²) in [5.41, 5.74) is 0. The first-order valence-corrected chi connectivity index (χ1v) is 8.94. The van der Waals surface area contributed by atoms with Crippen molar-refractivity contribution in [2.45, 2.75) is 44.6 Å². The Morgan fingerprint density at radius 3 is 2.95 bits per heavy atom. The molecule has 0 amide bonds. The van der Waals surface area contributed by atoms with Crippen LogP contribution in [0, 0.1) is 11.8 Å². The molecule has 5 nitrogen and oxygen atoms in total. The van der Waals surface area contributed by atoms with Crippen molar-refractivity contribution in [1.82, 2.24) is 15.3 Å². The number of nitrogens with one attached hydrogen (secondary N) is 2. The molecule has 0 spiro atoms. The molecule has 2 aliphatic heterocycles. The van der Waals surface area contributed by atoms with Crippen molar-refractivity contribution in [3.63, 3.8) is 0 Å². The SMILES string of the molecule is c1cc(N2CC3CCN[C@H]3C2)nc(NCC2CCCCC2)n1. The summed E-state index contributed by atoms with van der Waals surface area (Å²) in [4.78, 5) is 11.6. The summed E-state index contributed by atoms with van der Waals surface area (Å²) in [6.07, 6.45) is 10.1. The van der Waals surface area contributed by atoms with Crippen LogP contribution in [0.25, 0.3) is 0 Å². The van der Waals surface area contributed by atoms with E-state index in [9.17, 15) is 0 Å². The Balaban J connectivity index is 1.36. The van der Waals surface area contributed by atoms with Gasteiger partial charge in [-0.25, -0.2) is 4.98 Å². The summed E-state index contributed by atoms with van der Waals surface area (Å²) in [6.45, 7) is 4.43. The van der Waals surface area contributed by atoms with Gasteiger partial charge in [-0.1, -0.05) is 19.3 Å². The molecule has 5 heteroatoms. The number of hydrogen-bond donors (Lipinski definition) is 2. The molecule has 0 radical (unpaired) electrons. The van der Waals surface area contributed by atoms with E-state index in [-0.39, 0.29) is 0 Å². The number of fused-ring (bicyclic) bond motifs is 1. The van der Waals surface area contributed by atoms with Crippen LogP contribution in [-0.4, -0.2) is 42.2 Å². The predicted octanol–water partition coefficient (Wildman–Crippen LogP) is 2.27. The van der Waals surface area contributed by atoms with E-state index in [1.807, 2.05) is 12.3 Å². The highest BCUT2D eigenvalue weighted by Gasteiger charge is 2.36. The van der Waals surface area contributed by atoms with Gasteiger partial charge in [0.05, 0.1) is 0 Å². The van der Waals surface area contributed by atoms with E-state index in [1.54, 1.807) is 0 Å². The molecule has 1 aromatic rings. The molecule has 1 aromatic heterocycles. The topological polar surface area (TPSA) is 53.1 Å². The monoisotopic (exact) mass is 301 g/mol. The van der Waals surface area contributed by atoms with Gasteiger partial charge >= 0.3 is 0 Å². The Labute approximate surface area is 132 Å². The van der Waals surface area contributed by atoms with Gasteiger partial charge in [0.2, 0.25) is 5.95 Å². The van der Waals surface area contributed by atoms with Crippen molar-refractivity contribution in [3.8, 4) is 0 Å². The zero-order valence-corrected chi connectivity index (χ0v) is 13.3. The largest absolute Gasteiger partial charge is 0.355 e. The normalized spacial score (nSPS) is 28.8. The van der Waals surface area contributed by atoms with Crippen LogP contribution in [0.5, 0.6) is 0 Å². The zero-order valence-electron chi connectivity index (χ0n) is 13.3. The van der Waals surface area contributed by atoms with Gasteiger partial charge in [-0.15, -0.1) is 0 Å². The van der Waals surface area contributed by atoms with Gasteiger partial charge in [-0.2, -0.15) is 4.98 Å². The van der Waals surface area contributed by atoms with E-state index < -0.39 is 0 Å². The van der Waals surface area contributed by atoms with Gasteiger partial charge in [-0.3, -0.25) is 0 Å². The van der Waals surface area contributed by atoms with Crippen LogP contribution >= 0.6 is 0 Å². The lowest BCUT2D eigenvalue weighted by Crippen LogP contribution is -2.30. The van der Waals surface area contributed by atoms with Crippen LogP contribution in [-0.2, 0) is 0 Å². The van der Waals surface area contributed by atoms with Gasteiger partial charge in [0, 0.05) is 31.9 Å². The van der Waals surface area contributed by atoms with Crippen molar-refractivity contribution in [1.29, 1.82) is 0 Å². The maximum absolute atomic E-state index is 4.74. The molecular formula is C17H27N5. The minimum Gasteiger partial charge on any atom is -0.355 e. The fourth-order valence-corrected chi connectivity index (χ4v) is 4.27. The molecule has 3 aliphatic rings. The first kappa shape index (κ1) is 14.2. The maximum Gasteiger partial charge on any atom is 0.224 e. The molecule has 1 aliphatic carbocycles. The highest BCUT2D eigenvalue weighted by Crippen LogP contribution is 2.28. The number of rotatable bonds is 4. The molecule has 1 unspecified atom stereocenters. The van der Waals surface area contributed by atoms with Crippen LogP contribution < -0.4 is 15.5 Å². The minimum atomic E-state index is 0.661. The summed E-state index contributed by atoms with van der Waals surface area (Å²) in [7, 11) is 0. The van der Waals surface area contributed by atoms with Gasteiger partial charge < -0.3 is 15.5 Å². The molecule has 0 bridgehead atoms. The zero-order chi connectivity index (χ0) is 14.8. The molecule has 0 aromatic carbocycles. The molecule has 4 rings (SSSR count). The average molecular weight is 301 g/mol. The van der Waals surface area contributed by atoms with Gasteiger partial charge in [0.25, 0.3) is 0 Å². The van der Waals surface area contributed by atoms with E-state index in [0.29, 0.717) is 6.04 Å². The first-order chi connectivity index (χ1) is 10.9. The van der Waals surface area contributed by atoms with Gasteiger partial charge in [-0.05, 0) is 43.7 Å². The Morgan fingerprint density at radius 1 is 1.18 bits per heavy atom. The Morgan fingerprint density at radius 2 is 2.09 bits per heavy atom. The summed E-state index contributed by atoms with van der Waals surface area (Å²) >= 11 is 0. The third-order valence-electron chi connectivity index (χ3n) is 5.60. The van der Waals surface area contributed by atoms with Crippen molar-refractivity contribution >= 4 is 11.8 Å². The average Bonchev–Trinajstić information content (AvgIpc) is 3.16. The fourth-order valence-electron chi connectivity index (χ4n) is 4.27. The quantitative estimate of drug-likeness (QED) is 0.893. The first-order valence-electron chi connectivity index (χ1n) is 8.94. The fraction of sp³-hybridized carbons (Fsp3) is 0.765. The lowest BCUT2D eigenvalue weighted by molar-refractivity contribution is 0.373. The Kier molecular flexibility index (Phi) is 4.15. The molecule has 1 saturated carbocycles. The van der Waals surface area contributed by atoms with E-state index in [1.165, 1.54) is 45.1 Å². The predicted molar refractivity (Wildman–Crippen MR) is 89.2 cm³/mol. The second-order valence-corrected chi connectivity index (χ2v) is 7.14. The van der Waals surface area contributed by atoms with Crippen molar-refractivity contribution in [2.24, 2.45) is 11.8 Å². The molecule has 2 atom stereocenters. The third kappa shape index (κ3) is 3.05. The molecule has 22 heavy (non-hydrogen) atoms. The summed E-state index contributed by atoms with van der Waals surface area (Å²) < 4.78 is 0. The van der Waals surface area contributed by atoms with Gasteiger partial charge in [0.1, 0.15) is 5.82 Å². The lowest BCUT2D eigenvalue weighted by atomic mass is 9.89. The lowest BCUT2D eigenvalue weighted by Gasteiger charge is -2.22. The van der Waals surface area contributed by atoms with Crippen LogP contribution in [0.15, 0.2) is 12.3 Å². The highest BCUT2D eigenvalue weighted by molar-refractivity contribution is 5.44. The number of nitrogens with zero attached hydrogens (tertiary/aromatic N) is 3. The van der Waals surface area contributed by atoms with E-state index in [2.05, 4.69) is 20.5 Å². The van der Waals surface area contributed by atoms with E-state index in [0.717, 1.165) is 43.2 Å². The third-order valence-corrected chi connectivity index (χ3v) is 5.60.